The lowest BCUT2D eigenvalue weighted by atomic mass is 10.1. The molecule has 8 nitrogen and oxygen atoms in total. The van der Waals surface area contributed by atoms with E-state index in [0.29, 0.717) is 22.5 Å². The molecule has 8 heteroatoms. The molecule has 2 N–H and O–H groups in total. The van der Waals surface area contributed by atoms with Gasteiger partial charge in [-0.2, -0.15) is 0 Å². The van der Waals surface area contributed by atoms with Crippen LogP contribution in [0.5, 0.6) is 5.75 Å². The largest absolute Gasteiger partial charge is 0.513 e. The molecule has 0 heterocycles. The molecule has 3 rings (SSSR count). The second-order valence-corrected chi connectivity index (χ2v) is 7.24. The van der Waals surface area contributed by atoms with Crippen molar-refractivity contribution in [2.45, 2.75) is 6.92 Å². The van der Waals surface area contributed by atoms with Crippen LogP contribution in [0.3, 0.4) is 0 Å². The van der Waals surface area contributed by atoms with Crippen molar-refractivity contribution >= 4 is 35.0 Å². The maximum absolute atomic E-state index is 12.5. The van der Waals surface area contributed by atoms with E-state index in [4.69, 9.17) is 9.47 Å². The molecule has 33 heavy (non-hydrogen) atoms. The van der Waals surface area contributed by atoms with Gasteiger partial charge < -0.3 is 25.0 Å². The highest BCUT2D eigenvalue weighted by Crippen LogP contribution is 2.18. The molecule has 0 bridgehead atoms. The summed E-state index contributed by atoms with van der Waals surface area (Å²) in [6.45, 7) is 1.89. The number of amides is 2. The summed E-state index contributed by atoms with van der Waals surface area (Å²) < 4.78 is 9.68. The highest BCUT2D eigenvalue weighted by Gasteiger charge is 2.10. The van der Waals surface area contributed by atoms with Crippen LogP contribution < -0.4 is 20.3 Å². The van der Waals surface area contributed by atoms with Crippen molar-refractivity contribution in [2.24, 2.45) is 0 Å². The second kappa shape index (κ2) is 10.8. The molecule has 0 radical (unpaired) electrons. The van der Waals surface area contributed by atoms with Gasteiger partial charge in [-0.05, 0) is 79.7 Å². The van der Waals surface area contributed by atoms with Crippen molar-refractivity contribution < 1.29 is 23.9 Å². The fourth-order valence-corrected chi connectivity index (χ4v) is 2.87. The quantitative estimate of drug-likeness (QED) is 0.399. The van der Waals surface area contributed by atoms with Crippen molar-refractivity contribution in [2.75, 3.05) is 36.2 Å². The Hall–Kier alpha value is -4.33. The number of hydrogen-bond acceptors (Lipinski definition) is 6. The van der Waals surface area contributed by atoms with Gasteiger partial charge >= 0.3 is 6.16 Å². The first-order valence-electron chi connectivity index (χ1n) is 10.3. The van der Waals surface area contributed by atoms with Crippen LogP contribution in [0.2, 0.25) is 0 Å². The van der Waals surface area contributed by atoms with E-state index in [2.05, 4.69) is 10.6 Å². The first kappa shape index (κ1) is 23.3. The van der Waals surface area contributed by atoms with Gasteiger partial charge in [0.2, 0.25) is 0 Å². The lowest BCUT2D eigenvalue weighted by Crippen LogP contribution is -2.14. The van der Waals surface area contributed by atoms with Crippen LogP contribution in [0.15, 0.2) is 72.8 Å². The van der Waals surface area contributed by atoms with Gasteiger partial charge in [0.15, 0.2) is 0 Å². The smallest absolute Gasteiger partial charge is 0.434 e. The summed E-state index contributed by atoms with van der Waals surface area (Å²) in [5.74, 6) is -0.265. The standard InChI is InChI=1S/C25H25N3O5/c1-4-32-25(31)33-22-15-7-18(8-16-22)24(30)27-20-11-9-19(10-12-20)26-23(29)17-5-13-21(14-6-17)28(2)3/h5-16H,4H2,1-3H3,(H,26,29)(H,27,30). The summed E-state index contributed by atoms with van der Waals surface area (Å²) in [6, 6.07) is 20.2. The Kier molecular flexibility index (Phi) is 7.64. The van der Waals surface area contributed by atoms with Crippen molar-refractivity contribution in [3.63, 3.8) is 0 Å². The van der Waals surface area contributed by atoms with Crippen LogP contribution in [0.25, 0.3) is 0 Å². The maximum atomic E-state index is 12.5. The van der Waals surface area contributed by atoms with Gasteiger partial charge in [-0.15, -0.1) is 0 Å². The molecule has 170 valence electrons. The molecule has 0 unspecified atom stereocenters. The number of carbonyl (C=O) groups is 3. The van der Waals surface area contributed by atoms with Gasteiger partial charge in [0.25, 0.3) is 11.8 Å². The Morgan fingerprint density at radius 1 is 0.727 bits per heavy atom. The minimum atomic E-state index is -0.799. The van der Waals surface area contributed by atoms with Gasteiger partial charge in [0, 0.05) is 42.3 Å². The highest BCUT2D eigenvalue weighted by atomic mass is 16.7. The summed E-state index contributed by atoms with van der Waals surface area (Å²) in [5, 5.41) is 5.61. The van der Waals surface area contributed by atoms with Gasteiger partial charge in [0.05, 0.1) is 6.61 Å². The topological polar surface area (TPSA) is 97.0 Å². The molecule has 3 aromatic carbocycles. The Balaban J connectivity index is 1.56. The normalized spacial score (nSPS) is 10.2. The molecule has 3 aromatic rings. The summed E-state index contributed by atoms with van der Waals surface area (Å²) in [4.78, 5) is 38.2. The first-order chi connectivity index (χ1) is 15.9. The Bertz CT molecular complexity index is 1110. The minimum absolute atomic E-state index is 0.214. The van der Waals surface area contributed by atoms with E-state index in [1.54, 1.807) is 55.5 Å². The van der Waals surface area contributed by atoms with Crippen LogP contribution in [0.4, 0.5) is 21.9 Å². The Labute approximate surface area is 192 Å². The predicted octanol–water partition coefficient (Wildman–Crippen LogP) is 4.79. The molecule has 0 fully saturated rings. The van der Waals surface area contributed by atoms with E-state index in [1.807, 2.05) is 31.1 Å². The predicted molar refractivity (Wildman–Crippen MR) is 127 cm³/mol. The van der Waals surface area contributed by atoms with E-state index < -0.39 is 6.16 Å². The first-order valence-corrected chi connectivity index (χ1v) is 10.3. The molecule has 0 atom stereocenters. The van der Waals surface area contributed by atoms with Crippen molar-refractivity contribution in [3.8, 4) is 5.75 Å². The summed E-state index contributed by atoms with van der Waals surface area (Å²) >= 11 is 0. The average molecular weight is 447 g/mol. The minimum Gasteiger partial charge on any atom is -0.434 e. The third kappa shape index (κ3) is 6.57. The monoisotopic (exact) mass is 447 g/mol. The zero-order chi connectivity index (χ0) is 23.8. The fraction of sp³-hybridized carbons (Fsp3) is 0.160. The number of anilines is 3. The van der Waals surface area contributed by atoms with E-state index in [0.717, 1.165) is 5.69 Å². The average Bonchev–Trinajstić information content (AvgIpc) is 2.81. The summed E-state index contributed by atoms with van der Waals surface area (Å²) in [5.41, 5.74) is 3.13. The number of nitrogens with zero attached hydrogens (tertiary/aromatic N) is 1. The van der Waals surface area contributed by atoms with Crippen LogP contribution in [0.1, 0.15) is 27.6 Å². The number of rotatable bonds is 7. The molecular weight excluding hydrogens is 422 g/mol. The molecule has 0 saturated carbocycles. The van der Waals surface area contributed by atoms with Gasteiger partial charge in [0.1, 0.15) is 5.75 Å². The van der Waals surface area contributed by atoms with Crippen molar-refractivity contribution in [3.05, 3.63) is 83.9 Å². The van der Waals surface area contributed by atoms with E-state index in [-0.39, 0.29) is 24.2 Å². The molecular formula is C25H25N3O5. The molecule has 0 aliphatic heterocycles. The zero-order valence-electron chi connectivity index (χ0n) is 18.6. The SMILES string of the molecule is CCOC(=O)Oc1ccc(C(=O)Nc2ccc(NC(=O)c3ccc(N(C)C)cc3)cc2)cc1. The van der Waals surface area contributed by atoms with Gasteiger partial charge in [-0.3, -0.25) is 9.59 Å². The Morgan fingerprint density at radius 3 is 1.61 bits per heavy atom. The lowest BCUT2D eigenvalue weighted by molar-refractivity contribution is 0.101. The van der Waals surface area contributed by atoms with E-state index >= 15 is 0 Å². The molecule has 0 aliphatic rings. The zero-order valence-corrected chi connectivity index (χ0v) is 18.6. The van der Waals surface area contributed by atoms with Crippen molar-refractivity contribution in [1.29, 1.82) is 0 Å². The van der Waals surface area contributed by atoms with Crippen LogP contribution >= 0.6 is 0 Å². The van der Waals surface area contributed by atoms with Crippen LogP contribution in [-0.2, 0) is 4.74 Å². The summed E-state index contributed by atoms with van der Waals surface area (Å²) in [7, 11) is 3.87. The third-order valence-corrected chi connectivity index (χ3v) is 4.63. The molecule has 2 amide bonds. The Morgan fingerprint density at radius 2 is 1.18 bits per heavy atom. The van der Waals surface area contributed by atoms with E-state index in [9.17, 15) is 14.4 Å². The molecule has 0 aromatic heterocycles. The number of nitrogens with one attached hydrogen (secondary N) is 2. The van der Waals surface area contributed by atoms with Gasteiger partial charge in [-0.25, -0.2) is 4.79 Å². The molecule has 0 aliphatic carbocycles. The number of ether oxygens (including phenoxy) is 2. The fourth-order valence-electron chi connectivity index (χ4n) is 2.87. The summed E-state index contributed by atoms with van der Waals surface area (Å²) in [6.07, 6.45) is -0.799. The second-order valence-electron chi connectivity index (χ2n) is 7.24. The third-order valence-electron chi connectivity index (χ3n) is 4.63. The van der Waals surface area contributed by atoms with Gasteiger partial charge in [-0.1, -0.05) is 0 Å². The van der Waals surface area contributed by atoms with E-state index in [1.165, 1.54) is 12.1 Å². The van der Waals surface area contributed by atoms with Crippen LogP contribution in [0, 0.1) is 0 Å². The lowest BCUT2D eigenvalue weighted by Gasteiger charge is -2.13. The molecule has 0 saturated heterocycles. The highest BCUT2D eigenvalue weighted by molar-refractivity contribution is 6.06. The number of benzene rings is 3. The number of hydrogen-bond donors (Lipinski definition) is 2. The molecule has 0 spiro atoms. The van der Waals surface area contributed by atoms with Crippen LogP contribution in [-0.4, -0.2) is 38.7 Å². The maximum Gasteiger partial charge on any atom is 0.513 e. The van der Waals surface area contributed by atoms with Crippen molar-refractivity contribution in [1.82, 2.24) is 0 Å². The number of carbonyl (C=O) groups excluding carboxylic acids is 3.